The number of rotatable bonds is 4. The van der Waals surface area contributed by atoms with Crippen molar-refractivity contribution in [1.82, 2.24) is 0 Å². The highest BCUT2D eigenvalue weighted by atomic mass is 32.1. The van der Waals surface area contributed by atoms with Gasteiger partial charge in [0.1, 0.15) is 6.04 Å². The van der Waals surface area contributed by atoms with Gasteiger partial charge >= 0.3 is 12.1 Å². The van der Waals surface area contributed by atoms with Crippen LogP contribution in [0.2, 0.25) is 0 Å². The number of ether oxygens (including phenoxy) is 1. The maximum Gasteiger partial charge on any atom is 0.414 e. The lowest BCUT2D eigenvalue weighted by Crippen LogP contribution is -2.47. The second-order valence-corrected chi connectivity index (χ2v) is 5.88. The molecule has 24 heavy (non-hydrogen) atoms. The predicted molar refractivity (Wildman–Crippen MR) is 94.8 cm³/mol. The third-order valence-electron chi connectivity index (χ3n) is 4.23. The van der Waals surface area contributed by atoms with Crippen LogP contribution in [-0.2, 0) is 16.0 Å². The molecule has 0 saturated heterocycles. The van der Waals surface area contributed by atoms with Crippen LogP contribution >= 0.6 is 12.6 Å². The van der Waals surface area contributed by atoms with Crippen molar-refractivity contribution >= 4 is 30.4 Å². The lowest BCUT2D eigenvalue weighted by molar-refractivity contribution is -0.137. The van der Waals surface area contributed by atoms with E-state index in [1.165, 1.54) is 12.0 Å². The summed E-state index contributed by atoms with van der Waals surface area (Å²) in [6, 6.07) is 12.5. The number of benzene rings is 2. The first-order chi connectivity index (χ1) is 11.6. The summed E-state index contributed by atoms with van der Waals surface area (Å²) in [4.78, 5) is 25.1. The molecule has 1 aliphatic rings. The first kappa shape index (κ1) is 16.4. The summed E-state index contributed by atoms with van der Waals surface area (Å²) < 4.78 is 4.83. The van der Waals surface area contributed by atoms with E-state index in [0.717, 1.165) is 22.3 Å². The quantitative estimate of drug-likeness (QED) is 0.714. The van der Waals surface area contributed by atoms with Gasteiger partial charge in [-0.1, -0.05) is 36.4 Å². The van der Waals surface area contributed by atoms with Crippen molar-refractivity contribution in [1.29, 1.82) is 0 Å². The Kier molecular flexibility index (Phi) is 4.49. The van der Waals surface area contributed by atoms with Crippen LogP contribution in [0.4, 0.5) is 10.5 Å². The summed E-state index contributed by atoms with van der Waals surface area (Å²) in [5, 5.41) is 9.47. The summed E-state index contributed by atoms with van der Waals surface area (Å²) in [7, 11) is 1.24. The molecule has 0 fully saturated rings. The van der Waals surface area contributed by atoms with Crippen molar-refractivity contribution in [2.45, 2.75) is 12.5 Å². The summed E-state index contributed by atoms with van der Waals surface area (Å²) in [5.41, 5.74) is 4.76. The van der Waals surface area contributed by atoms with Crippen molar-refractivity contribution in [2.75, 3.05) is 17.8 Å². The molecule has 1 atom stereocenters. The molecule has 0 spiro atoms. The molecule has 124 valence electrons. The van der Waals surface area contributed by atoms with Crippen molar-refractivity contribution in [3.8, 4) is 11.1 Å². The van der Waals surface area contributed by atoms with E-state index in [9.17, 15) is 14.7 Å². The van der Waals surface area contributed by atoms with Gasteiger partial charge in [-0.15, -0.1) is 0 Å². The first-order valence-corrected chi connectivity index (χ1v) is 8.12. The number of hydrogen-bond acceptors (Lipinski definition) is 4. The summed E-state index contributed by atoms with van der Waals surface area (Å²) in [6.07, 6.45) is -0.0607. The number of carbonyl (C=O) groups is 2. The number of carboxylic acids is 1. The zero-order valence-electron chi connectivity index (χ0n) is 13.1. The Morgan fingerprint density at radius 1 is 1.21 bits per heavy atom. The maximum absolute atomic E-state index is 12.3. The fourth-order valence-corrected chi connectivity index (χ4v) is 3.45. The Balaban J connectivity index is 2.14. The van der Waals surface area contributed by atoms with E-state index < -0.39 is 18.1 Å². The van der Waals surface area contributed by atoms with Crippen molar-refractivity contribution in [2.24, 2.45) is 0 Å². The number of hydrogen-bond donors (Lipinski definition) is 2. The predicted octanol–water partition coefficient (Wildman–Crippen LogP) is 3.21. The van der Waals surface area contributed by atoms with Crippen LogP contribution in [0.15, 0.2) is 42.5 Å². The topological polar surface area (TPSA) is 66.8 Å². The molecule has 1 amide bonds. The second-order valence-electron chi connectivity index (χ2n) is 5.51. The van der Waals surface area contributed by atoms with E-state index in [-0.39, 0.29) is 5.75 Å². The molecule has 1 N–H and O–H groups in total. The van der Waals surface area contributed by atoms with Gasteiger partial charge in [0.25, 0.3) is 0 Å². The standard InChI is InChI=1S/C18H17NO4S/c1-23-18(22)19(16(10-24)17(20)21)15-8-4-7-13-12-6-3-2-5-11(12)9-14(13)15/h2-8,16,24H,9-10H2,1H3,(H,20,21)/t16-/m0/s1. The molecule has 3 rings (SSSR count). The van der Waals surface area contributed by atoms with Crippen LogP contribution in [0.5, 0.6) is 0 Å². The SMILES string of the molecule is COC(=O)N(c1cccc2c1Cc1ccccc1-2)[C@@H](CS)C(=O)O. The third kappa shape index (κ3) is 2.63. The van der Waals surface area contributed by atoms with Gasteiger partial charge in [-0.2, -0.15) is 12.6 Å². The molecule has 0 radical (unpaired) electrons. The van der Waals surface area contributed by atoms with E-state index >= 15 is 0 Å². The highest BCUT2D eigenvalue weighted by Crippen LogP contribution is 2.41. The minimum atomic E-state index is -1.12. The second kappa shape index (κ2) is 6.57. The number of anilines is 1. The molecule has 0 aromatic heterocycles. The monoisotopic (exact) mass is 343 g/mol. The van der Waals surface area contributed by atoms with Crippen LogP contribution in [0.3, 0.4) is 0 Å². The maximum atomic E-state index is 12.3. The smallest absolute Gasteiger partial charge is 0.414 e. The number of amides is 1. The fourth-order valence-electron chi connectivity index (χ4n) is 3.13. The number of carbonyl (C=O) groups excluding carboxylic acids is 1. The van der Waals surface area contributed by atoms with Gasteiger partial charge in [0.15, 0.2) is 0 Å². The van der Waals surface area contributed by atoms with Gasteiger partial charge < -0.3 is 9.84 Å². The van der Waals surface area contributed by atoms with Crippen molar-refractivity contribution in [3.63, 3.8) is 0 Å². The van der Waals surface area contributed by atoms with Crippen LogP contribution in [0, 0.1) is 0 Å². The summed E-state index contributed by atoms with van der Waals surface area (Å²) >= 11 is 4.10. The zero-order valence-corrected chi connectivity index (χ0v) is 14.0. The van der Waals surface area contributed by atoms with Gasteiger partial charge in [0, 0.05) is 12.2 Å². The molecular formula is C18H17NO4S. The minimum Gasteiger partial charge on any atom is -0.480 e. The van der Waals surface area contributed by atoms with Gasteiger partial charge in [-0.25, -0.2) is 9.59 Å². The van der Waals surface area contributed by atoms with Gasteiger partial charge in [-0.3, -0.25) is 4.90 Å². The fraction of sp³-hybridized carbons (Fsp3) is 0.222. The summed E-state index contributed by atoms with van der Waals surface area (Å²) in [5.74, 6) is -1.13. The van der Waals surface area contributed by atoms with Crippen LogP contribution < -0.4 is 4.90 Å². The number of nitrogens with zero attached hydrogens (tertiary/aromatic N) is 1. The van der Waals surface area contributed by atoms with Gasteiger partial charge in [-0.05, 0) is 28.3 Å². The molecule has 5 nitrogen and oxygen atoms in total. The van der Waals surface area contributed by atoms with E-state index in [2.05, 4.69) is 12.6 Å². The Labute approximate surface area is 145 Å². The Morgan fingerprint density at radius 3 is 2.58 bits per heavy atom. The molecule has 6 heteroatoms. The van der Waals surface area contributed by atoms with E-state index in [4.69, 9.17) is 4.74 Å². The van der Waals surface area contributed by atoms with E-state index in [1.807, 2.05) is 36.4 Å². The molecule has 1 aliphatic carbocycles. The largest absolute Gasteiger partial charge is 0.480 e. The molecule has 2 aromatic carbocycles. The number of aliphatic carboxylic acids is 1. The third-order valence-corrected chi connectivity index (χ3v) is 4.57. The van der Waals surface area contributed by atoms with E-state index in [0.29, 0.717) is 12.1 Å². The van der Waals surface area contributed by atoms with Crippen LogP contribution in [-0.4, -0.2) is 36.1 Å². The lowest BCUT2D eigenvalue weighted by Gasteiger charge is -2.28. The molecule has 0 aliphatic heterocycles. The molecular weight excluding hydrogens is 326 g/mol. The minimum absolute atomic E-state index is 0.0128. The number of carboxylic acid groups (broad SMARTS) is 1. The average molecular weight is 343 g/mol. The Bertz CT molecular complexity index is 805. The van der Waals surface area contributed by atoms with Gasteiger partial charge in [0.05, 0.1) is 12.8 Å². The Hall–Kier alpha value is -2.47. The molecule has 0 saturated carbocycles. The van der Waals surface area contributed by atoms with Crippen LogP contribution in [0.1, 0.15) is 11.1 Å². The van der Waals surface area contributed by atoms with Gasteiger partial charge in [0.2, 0.25) is 0 Å². The highest BCUT2D eigenvalue weighted by molar-refractivity contribution is 7.80. The van der Waals surface area contributed by atoms with Crippen molar-refractivity contribution < 1.29 is 19.4 Å². The molecule has 0 unspecified atom stereocenters. The number of fused-ring (bicyclic) bond motifs is 3. The highest BCUT2D eigenvalue weighted by Gasteiger charge is 2.34. The first-order valence-electron chi connectivity index (χ1n) is 7.49. The number of thiol groups is 1. The molecule has 0 bridgehead atoms. The van der Waals surface area contributed by atoms with E-state index in [1.54, 1.807) is 6.07 Å². The zero-order chi connectivity index (χ0) is 17.3. The summed E-state index contributed by atoms with van der Waals surface area (Å²) in [6.45, 7) is 0. The average Bonchev–Trinajstić information content (AvgIpc) is 2.97. The normalized spacial score (nSPS) is 12.9. The molecule has 2 aromatic rings. The van der Waals surface area contributed by atoms with Crippen LogP contribution in [0.25, 0.3) is 11.1 Å². The van der Waals surface area contributed by atoms with Crippen molar-refractivity contribution in [3.05, 3.63) is 53.6 Å². The number of methoxy groups -OCH3 is 1. The Morgan fingerprint density at radius 2 is 1.92 bits per heavy atom. The molecule has 0 heterocycles. The lowest BCUT2D eigenvalue weighted by atomic mass is 10.0.